The highest BCUT2D eigenvalue weighted by Crippen LogP contribution is 2.29. The molecule has 1 heterocycles. The van der Waals surface area contributed by atoms with Gasteiger partial charge in [0.15, 0.2) is 5.78 Å². The molecule has 2 rings (SSSR count). The van der Waals surface area contributed by atoms with Gasteiger partial charge in [-0.3, -0.25) is 9.59 Å². The second-order valence-corrected chi connectivity index (χ2v) is 3.90. The molecule has 84 valence electrons. The zero-order valence-corrected chi connectivity index (χ0v) is 9.28. The minimum atomic E-state index is -0.506. The van der Waals surface area contributed by atoms with Crippen molar-refractivity contribution in [1.29, 1.82) is 0 Å². The van der Waals surface area contributed by atoms with E-state index < -0.39 is 6.04 Å². The fourth-order valence-corrected chi connectivity index (χ4v) is 2.09. The molecular formula is C12H14N2O2. The van der Waals surface area contributed by atoms with Crippen molar-refractivity contribution in [1.82, 2.24) is 10.6 Å². The zero-order valence-electron chi connectivity index (χ0n) is 9.28. The molecule has 4 nitrogen and oxygen atoms in total. The smallest absolute Gasteiger partial charge is 0.242 e. The van der Waals surface area contributed by atoms with Gasteiger partial charge in [0, 0.05) is 0 Å². The van der Waals surface area contributed by atoms with Crippen LogP contribution in [0.25, 0.3) is 0 Å². The molecule has 2 atom stereocenters. The number of carbonyl (C=O) groups is 2. The van der Waals surface area contributed by atoms with Crippen molar-refractivity contribution in [2.75, 3.05) is 7.05 Å². The predicted octanol–water partition coefficient (Wildman–Crippen LogP) is 0.707. The highest BCUT2D eigenvalue weighted by Gasteiger charge is 2.33. The lowest BCUT2D eigenvalue weighted by Gasteiger charge is -2.30. The maximum absolute atomic E-state index is 11.8. The van der Waals surface area contributed by atoms with E-state index in [1.54, 1.807) is 7.05 Å². The Bertz CT molecular complexity index is 427. The van der Waals surface area contributed by atoms with Crippen molar-refractivity contribution >= 4 is 11.7 Å². The van der Waals surface area contributed by atoms with Crippen LogP contribution in [0, 0.1) is 0 Å². The Hall–Kier alpha value is -1.68. The minimum Gasteiger partial charge on any atom is -0.341 e. The number of carbonyl (C=O) groups excluding carboxylic acids is 2. The van der Waals surface area contributed by atoms with Crippen LogP contribution in [0.4, 0.5) is 0 Å². The Morgan fingerprint density at radius 2 is 1.94 bits per heavy atom. The Morgan fingerprint density at radius 1 is 1.31 bits per heavy atom. The summed E-state index contributed by atoms with van der Waals surface area (Å²) >= 11 is 0. The van der Waals surface area contributed by atoms with E-state index in [4.69, 9.17) is 0 Å². The Kier molecular flexibility index (Phi) is 2.75. The number of likely N-dealkylation sites (N-methyl/N-ethyl adjacent to an activating group) is 1. The monoisotopic (exact) mass is 218 g/mol. The third kappa shape index (κ3) is 1.61. The van der Waals surface area contributed by atoms with Gasteiger partial charge in [0.05, 0.1) is 0 Å². The van der Waals surface area contributed by atoms with E-state index in [0.717, 1.165) is 11.1 Å². The molecule has 2 N–H and O–H groups in total. The molecule has 1 amide bonds. The van der Waals surface area contributed by atoms with E-state index in [-0.39, 0.29) is 17.7 Å². The van der Waals surface area contributed by atoms with Gasteiger partial charge < -0.3 is 10.6 Å². The zero-order chi connectivity index (χ0) is 11.7. The number of benzene rings is 1. The Balaban J connectivity index is 2.53. The largest absolute Gasteiger partial charge is 0.341 e. The van der Waals surface area contributed by atoms with Crippen molar-refractivity contribution in [2.45, 2.75) is 19.0 Å². The van der Waals surface area contributed by atoms with Gasteiger partial charge in [-0.1, -0.05) is 24.3 Å². The molecule has 0 fully saturated rings. The molecule has 0 saturated carbocycles. The fraction of sp³-hybridized carbons (Fsp3) is 0.333. The minimum absolute atomic E-state index is 0.0460. The van der Waals surface area contributed by atoms with Crippen molar-refractivity contribution in [3.8, 4) is 0 Å². The van der Waals surface area contributed by atoms with Gasteiger partial charge in [-0.05, 0) is 25.1 Å². The summed E-state index contributed by atoms with van der Waals surface area (Å²) in [7, 11) is 1.73. The lowest BCUT2D eigenvalue weighted by molar-refractivity contribution is -0.129. The van der Waals surface area contributed by atoms with Crippen LogP contribution in [0.5, 0.6) is 0 Å². The molecule has 16 heavy (non-hydrogen) atoms. The lowest BCUT2D eigenvalue weighted by Crippen LogP contribution is -2.45. The summed E-state index contributed by atoms with van der Waals surface area (Å²) in [6, 6.07) is 6.63. The second-order valence-electron chi connectivity index (χ2n) is 3.90. The van der Waals surface area contributed by atoms with Crippen molar-refractivity contribution in [3.63, 3.8) is 0 Å². The average Bonchev–Trinajstić information content (AvgIpc) is 2.28. The number of hydrogen-bond acceptors (Lipinski definition) is 3. The molecule has 0 saturated heterocycles. The van der Waals surface area contributed by atoms with Gasteiger partial charge >= 0.3 is 0 Å². The molecule has 0 spiro atoms. The second kappa shape index (κ2) is 4.06. The van der Waals surface area contributed by atoms with Gasteiger partial charge in [0.2, 0.25) is 5.91 Å². The van der Waals surface area contributed by atoms with Crippen LogP contribution >= 0.6 is 0 Å². The van der Waals surface area contributed by atoms with E-state index in [2.05, 4.69) is 10.6 Å². The quantitative estimate of drug-likeness (QED) is 0.768. The first-order valence-electron chi connectivity index (χ1n) is 5.22. The van der Waals surface area contributed by atoms with Crippen LogP contribution in [0.3, 0.4) is 0 Å². The van der Waals surface area contributed by atoms with Crippen LogP contribution in [0.15, 0.2) is 24.3 Å². The van der Waals surface area contributed by atoms with E-state index in [9.17, 15) is 9.59 Å². The summed E-state index contributed by atoms with van der Waals surface area (Å²) in [5, 5.41) is 5.67. The van der Waals surface area contributed by atoms with Crippen LogP contribution in [-0.2, 0) is 9.59 Å². The lowest BCUT2D eigenvalue weighted by atomic mass is 9.89. The molecule has 4 heteroatoms. The maximum atomic E-state index is 11.8. The number of nitrogens with one attached hydrogen (secondary N) is 2. The summed E-state index contributed by atoms with van der Waals surface area (Å²) in [6.45, 7) is 1.49. The predicted molar refractivity (Wildman–Crippen MR) is 59.8 cm³/mol. The van der Waals surface area contributed by atoms with Gasteiger partial charge in [-0.2, -0.15) is 0 Å². The SMILES string of the molecule is CNC1C(=O)NC(C(C)=O)c2ccccc21. The normalized spacial score (nSPS) is 23.5. The summed E-state index contributed by atoms with van der Waals surface area (Å²) in [5.74, 6) is -0.197. The number of fused-ring (bicyclic) bond motifs is 1. The molecule has 1 aliphatic rings. The first-order chi connectivity index (χ1) is 7.65. The summed E-state index contributed by atoms with van der Waals surface area (Å²) in [6.07, 6.45) is 0. The highest BCUT2D eigenvalue weighted by atomic mass is 16.2. The van der Waals surface area contributed by atoms with Crippen LogP contribution in [0.2, 0.25) is 0 Å². The van der Waals surface area contributed by atoms with Crippen LogP contribution in [-0.4, -0.2) is 18.7 Å². The maximum Gasteiger partial charge on any atom is 0.242 e. The van der Waals surface area contributed by atoms with Crippen molar-refractivity contribution in [3.05, 3.63) is 35.4 Å². The summed E-state index contributed by atoms with van der Waals surface area (Å²) < 4.78 is 0. The van der Waals surface area contributed by atoms with Crippen LogP contribution in [0.1, 0.15) is 30.1 Å². The molecule has 0 radical (unpaired) electrons. The molecule has 0 aromatic heterocycles. The number of Topliss-reactive ketones (excluding diaryl/α,β-unsaturated/α-hetero) is 1. The average molecular weight is 218 g/mol. The van der Waals surface area contributed by atoms with Crippen LogP contribution < -0.4 is 10.6 Å². The molecule has 1 aromatic carbocycles. The molecule has 2 unspecified atom stereocenters. The molecule has 1 aromatic rings. The van der Waals surface area contributed by atoms with Gasteiger partial charge in [-0.15, -0.1) is 0 Å². The number of ketones is 1. The fourth-order valence-electron chi connectivity index (χ4n) is 2.09. The van der Waals surface area contributed by atoms with E-state index >= 15 is 0 Å². The first-order valence-corrected chi connectivity index (χ1v) is 5.22. The van der Waals surface area contributed by atoms with Gasteiger partial charge in [-0.25, -0.2) is 0 Å². The number of rotatable bonds is 2. The molecule has 0 bridgehead atoms. The van der Waals surface area contributed by atoms with Crippen molar-refractivity contribution < 1.29 is 9.59 Å². The topological polar surface area (TPSA) is 58.2 Å². The summed E-state index contributed by atoms with van der Waals surface area (Å²) in [4.78, 5) is 23.2. The molecular weight excluding hydrogens is 204 g/mol. The Labute approximate surface area is 94.0 Å². The van der Waals surface area contributed by atoms with E-state index in [1.807, 2.05) is 24.3 Å². The van der Waals surface area contributed by atoms with Gasteiger partial charge in [0.1, 0.15) is 12.1 Å². The highest BCUT2D eigenvalue weighted by molar-refractivity contribution is 5.94. The Morgan fingerprint density at radius 3 is 2.50 bits per heavy atom. The number of amides is 1. The summed E-state index contributed by atoms with van der Waals surface area (Å²) in [5.41, 5.74) is 1.77. The van der Waals surface area contributed by atoms with Crippen molar-refractivity contribution in [2.24, 2.45) is 0 Å². The third-order valence-electron chi connectivity index (χ3n) is 2.86. The van der Waals surface area contributed by atoms with Gasteiger partial charge in [0.25, 0.3) is 0 Å². The molecule has 0 aliphatic carbocycles. The molecule has 1 aliphatic heterocycles. The first kappa shape index (κ1) is 10.8. The van der Waals surface area contributed by atoms with E-state index in [0.29, 0.717) is 0 Å². The standard InChI is InChI=1S/C12H14N2O2/c1-7(15)10-8-5-3-4-6-9(8)11(13-2)12(16)14-10/h3-6,10-11,13H,1-2H3,(H,14,16). The third-order valence-corrected chi connectivity index (χ3v) is 2.86. The number of hydrogen-bond donors (Lipinski definition) is 2. The van der Waals surface area contributed by atoms with E-state index in [1.165, 1.54) is 6.92 Å².